The number of hydrogen-bond acceptors (Lipinski definition) is 6. The highest BCUT2D eigenvalue weighted by molar-refractivity contribution is 5.58. The van der Waals surface area contributed by atoms with Gasteiger partial charge in [0.25, 0.3) is 0 Å². The van der Waals surface area contributed by atoms with Gasteiger partial charge in [0.2, 0.25) is 11.8 Å². The molecule has 0 aromatic carbocycles. The second-order valence-corrected chi connectivity index (χ2v) is 3.89. The lowest BCUT2D eigenvalue weighted by Gasteiger charge is -2.22. The summed E-state index contributed by atoms with van der Waals surface area (Å²) in [5.74, 6) is 0.733. The van der Waals surface area contributed by atoms with Gasteiger partial charge < -0.3 is 10.2 Å². The van der Waals surface area contributed by atoms with Gasteiger partial charge in [-0.25, -0.2) is 4.98 Å². The molecule has 0 aliphatic heterocycles. The third-order valence-electron chi connectivity index (χ3n) is 2.39. The van der Waals surface area contributed by atoms with Crippen molar-refractivity contribution in [1.29, 1.82) is 0 Å². The monoisotopic (exact) mass is 239 g/mol. The normalized spacial score (nSPS) is 10.4. The number of nitrogens with one attached hydrogen (secondary N) is 1. The van der Waals surface area contributed by atoms with Gasteiger partial charge in [0.05, 0.1) is 4.92 Å². The molecule has 17 heavy (non-hydrogen) atoms. The topological polar surface area (TPSA) is 84.2 Å². The third-order valence-corrected chi connectivity index (χ3v) is 2.39. The van der Waals surface area contributed by atoms with Crippen molar-refractivity contribution in [3.8, 4) is 0 Å². The third kappa shape index (κ3) is 3.02. The summed E-state index contributed by atoms with van der Waals surface area (Å²) in [6, 6.07) is 0.123. The van der Waals surface area contributed by atoms with Crippen LogP contribution < -0.4 is 10.2 Å². The maximum absolute atomic E-state index is 10.9. The summed E-state index contributed by atoms with van der Waals surface area (Å²) in [5.41, 5.74) is -0.0807. The summed E-state index contributed by atoms with van der Waals surface area (Å²) in [6.07, 6.45) is 1.24. The lowest BCUT2D eigenvalue weighted by atomic mass is 10.3. The quantitative estimate of drug-likeness (QED) is 0.621. The largest absolute Gasteiger partial charge is 0.354 e. The van der Waals surface area contributed by atoms with Crippen molar-refractivity contribution in [2.24, 2.45) is 0 Å². The average molecular weight is 239 g/mol. The lowest BCUT2D eigenvalue weighted by molar-refractivity contribution is -0.384. The van der Waals surface area contributed by atoms with Gasteiger partial charge in [0.15, 0.2) is 0 Å². The summed E-state index contributed by atoms with van der Waals surface area (Å²) in [7, 11) is 1.77. The Hall–Kier alpha value is -1.92. The molecule has 0 aliphatic carbocycles. The fourth-order valence-corrected chi connectivity index (χ4v) is 1.24. The van der Waals surface area contributed by atoms with Crippen LogP contribution in [-0.2, 0) is 0 Å². The van der Waals surface area contributed by atoms with Crippen molar-refractivity contribution in [3.05, 3.63) is 16.3 Å². The van der Waals surface area contributed by atoms with Gasteiger partial charge in [0, 0.05) is 19.6 Å². The van der Waals surface area contributed by atoms with Crippen LogP contribution in [0.4, 0.5) is 17.5 Å². The zero-order chi connectivity index (χ0) is 13.0. The number of anilines is 2. The number of aromatic nitrogens is 2. The van der Waals surface area contributed by atoms with Crippen LogP contribution >= 0.6 is 0 Å². The first-order valence-corrected chi connectivity index (χ1v) is 5.45. The fourth-order valence-electron chi connectivity index (χ4n) is 1.24. The molecule has 0 saturated carbocycles. The van der Waals surface area contributed by atoms with Crippen LogP contribution in [-0.4, -0.2) is 34.5 Å². The van der Waals surface area contributed by atoms with Gasteiger partial charge in [-0.15, -0.1) is 0 Å². The summed E-state index contributed by atoms with van der Waals surface area (Å²) in [5, 5.41) is 13.8. The maximum Gasteiger partial charge on any atom is 0.329 e. The first-order chi connectivity index (χ1) is 7.97. The standard InChI is InChI=1S/C10H17N5O2/c1-5-11-10-12-6-8(15(16)17)9(13-10)14(4)7(2)3/h6-7H,5H2,1-4H3,(H,11,12,13). The molecule has 7 nitrogen and oxygen atoms in total. The highest BCUT2D eigenvalue weighted by Gasteiger charge is 2.21. The van der Waals surface area contributed by atoms with E-state index in [0.29, 0.717) is 18.3 Å². The molecule has 0 fully saturated rings. The van der Waals surface area contributed by atoms with Crippen molar-refractivity contribution < 1.29 is 4.92 Å². The van der Waals surface area contributed by atoms with Gasteiger partial charge in [-0.05, 0) is 20.8 Å². The molecule has 0 aliphatic rings. The van der Waals surface area contributed by atoms with E-state index in [2.05, 4.69) is 15.3 Å². The van der Waals surface area contributed by atoms with E-state index in [1.807, 2.05) is 20.8 Å². The molecule has 0 unspecified atom stereocenters. The number of nitro groups is 1. The summed E-state index contributed by atoms with van der Waals surface area (Å²) in [4.78, 5) is 20.2. The molecule has 1 rings (SSSR count). The zero-order valence-corrected chi connectivity index (χ0v) is 10.5. The van der Waals surface area contributed by atoms with E-state index in [4.69, 9.17) is 0 Å². The van der Waals surface area contributed by atoms with Crippen molar-refractivity contribution in [1.82, 2.24) is 9.97 Å². The number of rotatable bonds is 5. The Bertz CT molecular complexity index is 408. The van der Waals surface area contributed by atoms with E-state index < -0.39 is 4.92 Å². The minimum atomic E-state index is -0.468. The molecule has 0 atom stereocenters. The van der Waals surface area contributed by atoms with Crippen LogP contribution in [0.2, 0.25) is 0 Å². The van der Waals surface area contributed by atoms with Crippen LogP contribution in [0.3, 0.4) is 0 Å². The van der Waals surface area contributed by atoms with Gasteiger partial charge >= 0.3 is 5.69 Å². The molecule has 0 saturated heterocycles. The predicted octanol–water partition coefficient (Wildman–Crippen LogP) is 1.66. The number of hydrogen-bond donors (Lipinski definition) is 1. The molecule has 1 heterocycles. The Kier molecular flexibility index (Phi) is 4.19. The molecule has 0 radical (unpaired) electrons. The molecule has 0 spiro atoms. The molecular formula is C10H17N5O2. The molecular weight excluding hydrogens is 222 g/mol. The van der Waals surface area contributed by atoms with E-state index in [1.165, 1.54) is 6.20 Å². The molecule has 1 aromatic rings. The predicted molar refractivity (Wildman–Crippen MR) is 66.4 cm³/mol. The van der Waals surface area contributed by atoms with Gasteiger partial charge in [-0.3, -0.25) is 10.1 Å². The van der Waals surface area contributed by atoms with Crippen molar-refractivity contribution in [2.45, 2.75) is 26.8 Å². The second kappa shape index (κ2) is 5.42. The SMILES string of the molecule is CCNc1ncc([N+](=O)[O-])c(N(C)C(C)C)n1. The van der Waals surface area contributed by atoms with Gasteiger partial charge in [-0.1, -0.05) is 0 Å². The Morgan fingerprint density at radius 2 is 2.24 bits per heavy atom. The Morgan fingerprint density at radius 1 is 1.59 bits per heavy atom. The maximum atomic E-state index is 10.9. The van der Waals surface area contributed by atoms with Crippen LogP contribution in [0.25, 0.3) is 0 Å². The van der Waals surface area contributed by atoms with E-state index >= 15 is 0 Å². The molecule has 0 bridgehead atoms. The lowest BCUT2D eigenvalue weighted by Crippen LogP contribution is -2.27. The minimum absolute atomic E-state index is 0.0807. The van der Waals surface area contributed by atoms with Crippen LogP contribution in [0.1, 0.15) is 20.8 Å². The van der Waals surface area contributed by atoms with Crippen LogP contribution in [0.15, 0.2) is 6.20 Å². The highest BCUT2D eigenvalue weighted by Crippen LogP contribution is 2.26. The van der Waals surface area contributed by atoms with Crippen molar-refractivity contribution in [2.75, 3.05) is 23.8 Å². The molecule has 7 heteroatoms. The summed E-state index contributed by atoms with van der Waals surface area (Å²) >= 11 is 0. The summed E-state index contributed by atoms with van der Waals surface area (Å²) < 4.78 is 0. The first-order valence-electron chi connectivity index (χ1n) is 5.45. The van der Waals surface area contributed by atoms with Crippen molar-refractivity contribution in [3.63, 3.8) is 0 Å². The number of nitrogens with zero attached hydrogens (tertiary/aromatic N) is 4. The Balaban J connectivity index is 3.20. The average Bonchev–Trinajstić information content (AvgIpc) is 2.28. The van der Waals surface area contributed by atoms with Crippen molar-refractivity contribution >= 4 is 17.5 Å². The minimum Gasteiger partial charge on any atom is -0.354 e. The fraction of sp³-hybridized carbons (Fsp3) is 0.600. The van der Waals surface area contributed by atoms with E-state index in [0.717, 1.165) is 0 Å². The first kappa shape index (κ1) is 13.1. The zero-order valence-electron chi connectivity index (χ0n) is 10.5. The molecule has 1 N–H and O–H groups in total. The molecule has 1 aromatic heterocycles. The second-order valence-electron chi connectivity index (χ2n) is 3.89. The molecule has 0 amide bonds. The van der Waals surface area contributed by atoms with Gasteiger partial charge in [0.1, 0.15) is 6.20 Å². The summed E-state index contributed by atoms with van der Waals surface area (Å²) in [6.45, 7) is 6.47. The highest BCUT2D eigenvalue weighted by atomic mass is 16.6. The van der Waals surface area contributed by atoms with E-state index in [-0.39, 0.29) is 11.7 Å². The van der Waals surface area contributed by atoms with Crippen LogP contribution in [0, 0.1) is 10.1 Å². The van der Waals surface area contributed by atoms with E-state index in [9.17, 15) is 10.1 Å². The Labute approximate surface area is 100 Å². The van der Waals surface area contributed by atoms with Crippen LogP contribution in [0.5, 0.6) is 0 Å². The smallest absolute Gasteiger partial charge is 0.329 e. The van der Waals surface area contributed by atoms with E-state index in [1.54, 1.807) is 11.9 Å². The van der Waals surface area contributed by atoms with Gasteiger partial charge in [-0.2, -0.15) is 4.98 Å². The molecule has 94 valence electrons. The Morgan fingerprint density at radius 3 is 2.71 bits per heavy atom.